The SMILES string of the molecule is CCc1ccc(C(=S)N2CCC2C(=O)NO)cc1C(F)(F)F. The quantitative estimate of drug-likeness (QED) is 0.507. The molecule has 1 fully saturated rings. The molecule has 0 radical (unpaired) electrons. The van der Waals surface area contributed by atoms with Crippen molar-refractivity contribution in [2.75, 3.05) is 6.54 Å². The normalized spacial score (nSPS) is 17.9. The molecule has 0 aromatic heterocycles. The van der Waals surface area contributed by atoms with E-state index in [2.05, 4.69) is 0 Å². The standard InChI is InChI=1S/C14H15F3N2O2S/c1-2-8-3-4-9(7-10(8)14(15,16)17)13(22)19-6-5-11(19)12(20)18-21/h3-4,7,11,21H,2,5-6H2,1H3,(H,18,20). The Morgan fingerprint density at radius 1 is 1.50 bits per heavy atom. The Morgan fingerprint density at radius 2 is 2.18 bits per heavy atom. The van der Waals surface area contributed by atoms with Crippen LogP contribution in [0, 0.1) is 0 Å². The molecule has 1 heterocycles. The monoisotopic (exact) mass is 332 g/mol. The van der Waals surface area contributed by atoms with Gasteiger partial charge in [0.15, 0.2) is 0 Å². The molecule has 1 saturated heterocycles. The third-order valence-electron chi connectivity index (χ3n) is 3.74. The predicted octanol–water partition coefficient (Wildman–Crippen LogP) is 2.52. The van der Waals surface area contributed by atoms with Crippen LogP contribution in [0.5, 0.6) is 0 Å². The molecule has 1 aromatic carbocycles. The van der Waals surface area contributed by atoms with Crippen molar-refractivity contribution in [1.82, 2.24) is 10.4 Å². The molecule has 0 bridgehead atoms. The fourth-order valence-corrected chi connectivity index (χ4v) is 2.77. The van der Waals surface area contributed by atoms with Crippen molar-refractivity contribution < 1.29 is 23.2 Å². The first-order valence-corrected chi connectivity index (χ1v) is 7.15. The molecule has 1 atom stereocenters. The van der Waals surface area contributed by atoms with Gasteiger partial charge in [-0.05, 0) is 24.5 Å². The molecule has 0 aliphatic carbocycles. The molecule has 2 rings (SSSR count). The fourth-order valence-electron chi connectivity index (χ4n) is 2.43. The third kappa shape index (κ3) is 3.07. The summed E-state index contributed by atoms with van der Waals surface area (Å²) in [6.07, 6.45) is -3.69. The lowest BCUT2D eigenvalue weighted by molar-refractivity contribution is -0.138. The number of thiocarbonyl (C=S) groups is 1. The summed E-state index contributed by atoms with van der Waals surface area (Å²) in [5.41, 5.74) is 1.27. The van der Waals surface area contributed by atoms with Gasteiger partial charge in [-0.2, -0.15) is 13.2 Å². The van der Waals surface area contributed by atoms with Gasteiger partial charge in [0.2, 0.25) is 0 Å². The summed E-state index contributed by atoms with van der Waals surface area (Å²) in [5.74, 6) is -0.616. The Morgan fingerprint density at radius 3 is 2.64 bits per heavy atom. The van der Waals surface area contributed by atoms with Crippen LogP contribution >= 0.6 is 12.2 Å². The highest BCUT2D eigenvalue weighted by Crippen LogP contribution is 2.34. The molecule has 1 aliphatic heterocycles. The molecule has 2 N–H and O–H groups in total. The van der Waals surface area contributed by atoms with Crippen LogP contribution in [0.3, 0.4) is 0 Å². The second-order valence-corrected chi connectivity index (χ2v) is 5.39. The number of aryl methyl sites for hydroxylation is 1. The van der Waals surface area contributed by atoms with Crippen molar-refractivity contribution in [3.63, 3.8) is 0 Å². The molecule has 0 spiro atoms. The summed E-state index contributed by atoms with van der Waals surface area (Å²) in [7, 11) is 0. The van der Waals surface area contributed by atoms with Crippen LogP contribution in [0.25, 0.3) is 0 Å². The number of likely N-dealkylation sites (tertiary alicyclic amines) is 1. The number of nitrogens with one attached hydrogen (secondary N) is 1. The Kier molecular flexibility index (Phi) is 4.72. The van der Waals surface area contributed by atoms with Crippen LogP contribution in [-0.2, 0) is 17.4 Å². The maximum Gasteiger partial charge on any atom is 0.416 e. The van der Waals surface area contributed by atoms with E-state index in [0.717, 1.165) is 6.07 Å². The highest BCUT2D eigenvalue weighted by molar-refractivity contribution is 7.80. The number of rotatable bonds is 3. The van der Waals surface area contributed by atoms with E-state index in [1.165, 1.54) is 22.5 Å². The van der Waals surface area contributed by atoms with Crippen molar-refractivity contribution in [1.29, 1.82) is 0 Å². The Hall–Kier alpha value is -1.67. The number of alkyl halides is 3. The number of benzene rings is 1. The van der Waals surface area contributed by atoms with E-state index < -0.39 is 23.7 Å². The molecule has 0 saturated carbocycles. The first-order chi connectivity index (χ1) is 10.3. The van der Waals surface area contributed by atoms with Crippen LogP contribution in [0.1, 0.15) is 30.0 Å². The average Bonchev–Trinajstić information content (AvgIpc) is 2.44. The lowest BCUT2D eigenvalue weighted by Gasteiger charge is -2.41. The number of nitrogens with zero attached hydrogens (tertiary/aromatic N) is 1. The van der Waals surface area contributed by atoms with Gasteiger partial charge in [0.05, 0.1) is 5.56 Å². The highest BCUT2D eigenvalue weighted by Gasteiger charge is 2.37. The number of carbonyl (C=O) groups is 1. The molecular weight excluding hydrogens is 317 g/mol. The maximum absolute atomic E-state index is 13.1. The van der Waals surface area contributed by atoms with Crippen LogP contribution in [0.4, 0.5) is 13.2 Å². The number of hydroxylamine groups is 1. The number of carbonyl (C=O) groups excluding carboxylic acids is 1. The zero-order valence-electron chi connectivity index (χ0n) is 11.8. The molecule has 1 aromatic rings. The topological polar surface area (TPSA) is 52.6 Å². The van der Waals surface area contributed by atoms with Gasteiger partial charge in [0.1, 0.15) is 11.0 Å². The Balaban J connectivity index is 2.30. The zero-order valence-corrected chi connectivity index (χ0v) is 12.6. The first kappa shape index (κ1) is 16.7. The predicted molar refractivity (Wildman–Crippen MR) is 77.6 cm³/mol. The van der Waals surface area contributed by atoms with Crippen LogP contribution in [-0.4, -0.2) is 33.6 Å². The fraction of sp³-hybridized carbons (Fsp3) is 0.429. The third-order valence-corrected chi connectivity index (χ3v) is 4.21. The Labute approximate surface area is 130 Å². The number of amides is 1. The maximum atomic E-state index is 13.1. The van der Waals surface area contributed by atoms with E-state index in [4.69, 9.17) is 17.4 Å². The molecule has 22 heavy (non-hydrogen) atoms. The second-order valence-electron chi connectivity index (χ2n) is 5.00. The van der Waals surface area contributed by atoms with Crippen LogP contribution in [0.15, 0.2) is 18.2 Å². The van der Waals surface area contributed by atoms with Gasteiger partial charge in [-0.3, -0.25) is 10.0 Å². The molecule has 1 amide bonds. The zero-order chi connectivity index (χ0) is 16.5. The number of halogens is 3. The van der Waals surface area contributed by atoms with Gasteiger partial charge in [-0.1, -0.05) is 31.3 Å². The van der Waals surface area contributed by atoms with Gasteiger partial charge in [0.25, 0.3) is 5.91 Å². The van der Waals surface area contributed by atoms with E-state index in [-0.39, 0.29) is 22.5 Å². The van der Waals surface area contributed by atoms with Gasteiger partial charge >= 0.3 is 6.18 Å². The highest BCUT2D eigenvalue weighted by atomic mass is 32.1. The molecule has 120 valence electrons. The minimum atomic E-state index is -4.45. The summed E-state index contributed by atoms with van der Waals surface area (Å²) in [6, 6.07) is 3.32. The molecule has 1 unspecified atom stereocenters. The summed E-state index contributed by atoms with van der Waals surface area (Å²) in [4.78, 5) is 13.1. The van der Waals surface area contributed by atoms with E-state index in [1.807, 2.05) is 0 Å². The van der Waals surface area contributed by atoms with Gasteiger partial charge in [-0.25, -0.2) is 5.48 Å². The lowest BCUT2D eigenvalue weighted by Crippen LogP contribution is -2.57. The van der Waals surface area contributed by atoms with E-state index in [9.17, 15) is 18.0 Å². The van der Waals surface area contributed by atoms with Crippen LogP contribution < -0.4 is 5.48 Å². The first-order valence-electron chi connectivity index (χ1n) is 6.74. The van der Waals surface area contributed by atoms with Crippen molar-refractivity contribution in [2.45, 2.75) is 32.0 Å². The van der Waals surface area contributed by atoms with Gasteiger partial charge in [0, 0.05) is 12.1 Å². The van der Waals surface area contributed by atoms with Gasteiger partial charge in [-0.15, -0.1) is 0 Å². The van der Waals surface area contributed by atoms with E-state index in [0.29, 0.717) is 13.0 Å². The molecule has 8 heteroatoms. The largest absolute Gasteiger partial charge is 0.416 e. The smallest absolute Gasteiger partial charge is 0.350 e. The second kappa shape index (κ2) is 6.21. The lowest BCUT2D eigenvalue weighted by atomic mass is 9.98. The summed E-state index contributed by atoms with van der Waals surface area (Å²) < 4.78 is 39.2. The number of hydrogen-bond acceptors (Lipinski definition) is 3. The van der Waals surface area contributed by atoms with E-state index in [1.54, 1.807) is 6.92 Å². The Bertz CT molecular complexity index is 604. The average molecular weight is 332 g/mol. The molecular formula is C14H15F3N2O2S. The summed E-state index contributed by atoms with van der Waals surface area (Å²) in [6.45, 7) is 2.12. The molecule has 1 aliphatic rings. The van der Waals surface area contributed by atoms with E-state index >= 15 is 0 Å². The number of hydrogen-bond donors (Lipinski definition) is 2. The minimum Gasteiger partial charge on any atom is -0.350 e. The summed E-state index contributed by atoms with van der Waals surface area (Å²) >= 11 is 5.20. The van der Waals surface area contributed by atoms with Crippen molar-refractivity contribution in [3.8, 4) is 0 Å². The van der Waals surface area contributed by atoms with Crippen molar-refractivity contribution in [3.05, 3.63) is 34.9 Å². The van der Waals surface area contributed by atoms with Crippen molar-refractivity contribution in [2.24, 2.45) is 0 Å². The van der Waals surface area contributed by atoms with Crippen molar-refractivity contribution >= 4 is 23.1 Å². The minimum absolute atomic E-state index is 0.174. The summed E-state index contributed by atoms with van der Waals surface area (Å²) in [5, 5.41) is 8.64. The van der Waals surface area contributed by atoms with Crippen LogP contribution in [0.2, 0.25) is 0 Å². The van der Waals surface area contributed by atoms with Gasteiger partial charge < -0.3 is 4.90 Å². The molecule has 4 nitrogen and oxygen atoms in total.